The summed E-state index contributed by atoms with van der Waals surface area (Å²) in [5.74, 6) is 5.36. The van der Waals surface area contributed by atoms with Crippen molar-refractivity contribution in [2.24, 2.45) is 5.84 Å². The second-order valence-corrected chi connectivity index (χ2v) is 4.85. The Morgan fingerprint density at radius 1 is 1.56 bits per heavy atom. The van der Waals surface area contributed by atoms with Crippen LogP contribution in [0.15, 0.2) is 28.9 Å². The van der Waals surface area contributed by atoms with Crippen molar-refractivity contribution in [1.82, 2.24) is 9.99 Å². The number of nitrogens with zero attached hydrogens (tertiary/aromatic N) is 1. The molecular formula is C12H14BrN3O2. The number of hydrogen-bond acceptors (Lipinski definition) is 4. The highest BCUT2D eigenvalue weighted by atomic mass is 79.9. The van der Waals surface area contributed by atoms with Gasteiger partial charge in [0.15, 0.2) is 0 Å². The number of nitrogens with two attached hydrogens (primary N) is 1. The Labute approximate surface area is 113 Å². The molecule has 0 saturated carbocycles. The third kappa shape index (κ3) is 2.14. The van der Waals surface area contributed by atoms with Gasteiger partial charge in [0.2, 0.25) is 0 Å². The number of ether oxygens (including phenoxy) is 1. The Hall–Kier alpha value is -1.37. The molecule has 1 aromatic carbocycles. The van der Waals surface area contributed by atoms with E-state index in [2.05, 4.69) is 20.9 Å². The van der Waals surface area contributed by atoms with Crippen LogP contribution in [0.4, 0.5) is 0 Å². The molecule has 1 unspecified atom stereocenters. The van der Waals surface area contributed by atoms with E-state index in [1.54, 1.807) is 13.2 Å². The Kier molecular flexibility index (Phi) is 3.70. The number of esters is 1. The van der Waals surface area contributed by atoms with E-state index in [9.17, 15) is 4.79 Å². The van der Waals surface area contributed by atoms with Gasteiger partial charge in [-0.05, 0) is 12.1 Å². The first-order chi connectivity index (χ1) is 8.56. The summed E-state index contributed by atoms with van der Waals surface area (Å²) in [7, 11) is 2.99. The monoisotopic (exact) mass is 311 g/mol. The number of benzene rings is 1. The van der Waals surface area contributed by atoms with Gasteiger partial charge < -0.3 is 9.72 Å². The highest BCUT2D eigenvalue weighted by molar-refractivity contribution is 9.10. The Morgan fingerprint density at radius 3 is 2.89 bits per heavy atom. The van der Waals surface area contributed by atoms with Crippen molar-refractivity contribution in [2.75, 3.05) is 14.2 Å². The van der Waals surface area contributed by atoms with Crippen LogP contribution in [0.1, 0.15) is 11.6 Å². The third-order valence-electron chi connectivity index (χ3n) is 2.81. The number of aromatic nitrogens is 1. The SMILES string of the molecule is COC(=O)C(c1c[nH]c2cccc(Br)c12)N(C)N. The van der Waals surface area contributed by atoms with Gasteiger partial charge in [-0.15, -0.1) is 0 Å². The molecule has 1 aromatic heterocycles. The van der Waals surface area contributed by atoms with E-state index in [4.69, 9.17) is 10.6 Å². The van der Waals surface area contributed by atoms with E-state index in [0.29, 0.717) is 0 Å². The van der Waals surface area contributed by atoms with Gasteiger partial charge in [-0.3, -0.25) is 5.84 Å². The number of methoxy groups -OCH3 is 1. The van der Waals surface area contributed by atoms with Gasteiger partial charge >= 0.3 is 5.97 Å². The molecule has 0 aliphatic rings. The first-order valence-electron chi connectivity index (χ1n) is 5.37. The number of rotatable bonds is 3. The van der Waals surface area contributed by atoms with E-state index in [1.807, 2.05) is 18.2 Å². The lowest BCUT2D eigenvalue weighted by molar-refractivity contribution is -0.146. The van der Waals surface area contributed by atoms with Gasteiger partial charge in [-0.2, -0.15) is 0 Å². The predicted octanol–water partition coefficient (Wildman–Crippen LogP) is 1.95. The highest BCUT2D eigenvalue weighted by Gasteiger charge is 2.27. The van der Waals surface area contributed by atoms with E-state index >= 15 is 0 Å². The number of hydrogen-bond donors (Lipinski definition) is 2. The second-order valence-electron chi connectivity index (χ2n) is 4.00. The Balaban J connectivity index is 2.61. The van der Waals surface area contributed by atoms with Crippen LogP contribution in [-0.4, -0.2) is 30.1 Å². The largest absolute Gasteiger partial charge is 0.468 e. The lowest BCUT2D eigenvalue weighted by Crippen LogP contribution is -2.36. The Bertz CT molecular complexity index is 580. The molecule has 0 spiro atoms. The fourth-order valence-electron chi connectivity index (χ4n) is 2.01. The van der Waals surface area contributed by atoms with Crippen molar-refractivity contribution < 1.29 is 9.53 Å². The minimum atomic E-state index is -0.637. The number of hydrazine groups is 1. The van der Waals surface area contributed by atoms with Crippen LogP contribution in [0.25, 0.3) is 10.9 Å². The molecule has 2 aromatic rings. The molecule has 0 amide bonds. The average molecular weight is 312 g/mol. The first-order valence-corrected chi connectivity index (χ1v) is 6.16. The fraction of sp³-hybridized carbons (Fsp3) is 0.250. The molecule has 0 bridgehead atoms. The lowest BCUT2D eigenvalue weighted by atomic mass is 10.1. The molecule has 0 aliphatic heterocycles. The van der Waals surface area contributed by atoms with Crippen molar-refractivity contribution >= 4 is 32.8 Å². The van der Waals surface area contributed by atoms with Gasteiger partial charge in [0.05, 0.1) is 7.11 Å². The van der Waals surface area contributed by atoms with Crippen LogP contribution < -0.4 is 5.84 Å². The molecule has 0 saturated heterocycles. The quantitative estimate of drug-likeness (QED) is 0.516. The van der Waals surface area contributed by atoms with Crippen molar-refractivity contribution in [2.45, 2.75) is 6.04 Å². The minimum Gasteiger partial charge on any atom is -0.468 e. The minimum absolute atomic E-state index is 0.392. The summed E-state index contributed by atoms with van der Waals surface area (Å²) in [5, 5.41) is 2.28. The van der Waals surface area contributed by atoms with Crippen molar-refractivity contribution in [1.29, 1.82) is 0 Å². The number of fused-ring (bicyclic) bond motifs is 1. The smallest absolute Gasteiger partial charge is 0.329 e. The zero-order valence-electron chi connectivity index (χ0n) is 10.1. The van der Waals surface area contributed by atoms with E-state index in [0.717, 1.165) is 20.9 Å². The first kappa shape index (κ1) is 13.1. The maximum atomic E-state index is 11.8. The number of H-pyrrole nitrogens is 1. The van der Waals surface area contributed by atoms with Gasteiger partial charge in [0.25, 0.3) is 0 Å². The molecular weight excluding hydrogens is 298 g/mol. The zero-order valence-corrected chi connectivity index (χ0v) is 11.7. The molecule has 18 heavy (non-hydrogen) atoms. The number of likely N-dealkylation sites (N-methyl/N-ethyl adjacent to an activating group) is 1. The molecule has 2 rings (SSSR count). The standard InChI is InChI=1S/C12H14BrN3O2/c1-16(14)11(12(17)18-2)7-6-15-9-5-3-4-8(13)10(7)9/h3-6,11,15H,14H2,1-2H3. The number of halogens is 1. The summed E-state index contributed by atoms with van der Waals surface area (Å²) in [5.41, 5.74) is 1.73. The summed E-state index contributed by atoms with van der Waals surface area (Å²) in [6, 6.07) is 5.15. The summed E-state index contributed by atoms with van der Waals surface area (Å²) in [6.45, 7) is 0. The molecule has 0 radical (unpaired) electrons. The Morgan fingerprint density at radius 2 is 2.28 bits per heavy atom. The topological polar surface area (TPSA) is 71.4 Å². The summed E-state index contributed by atoms with van der Waals surface area (Å²) in [6.07, 6.45) is 1.78. The molecule has 3 N–H and O–H groups in total. The molecule has 6 heteroatoms. The van der Waals surface area contributed by atoms with E-state index in [-0.39, 0.29) is 0 Å². The van der Waals surface area contributed by atoms with Crippen LogP contribution in [0, 0.1) is 0 Å². The maximum absolute atomic E-state index is 11.8. The van der Waals surface area contributed by atoms with Crippen molar-refractivity contribution in [3.63, 3.8) is 0 Å². The molecule has 5 nitrogen and oxygen atoms in total. The van der Waals surface area contributed by atoms with Crippen molar-refractivity contribution in [3.8, 4) is 0 Å². The maximum Gasteiger partial charge on any atom is 0.329 e. The van der Waals surface area contributed by atoms with Gasteiger partial charge in [0, 0.05) is 34.2 Å². The van der Waals surface area contributed by atoms with Gasteiger partial charge in [-0.25, -0.2) is 9.80 Å². The highest BCUT2D eigenvalue weighted by Crippen LogP contribution is 2.32. The normalized spacial score (nSPS) is 12.9. The molecule has 0 fully saturated rings. The average Bonchev–Trinajstić information content (AvgIpc) is 2.74. The summed E-state index contributed by atoms with van der Waals surface area (Å²) in [4.78, 5) is 15.0. The zero-order chi connectivity index (χ0) is 13.3. The molecule has 96 valence electrons. The second kappa shape index (κ2) is 5.09. The number of carbonyl (C=O) groups excluding carboxylic acids is 1. The van der Waals surface area contributed by atoms with E-state index in [1.165, 1.54) is 12.1 Å². The fourth-order valence-corrected chi connectivity index (χ4v) is 2.60. The third-order valence-corrected chi connectivity index (χ3v) is 3.47. The molecule has 1 atom stereocenters. The van der Waals surface area contributed by atoms with Crippen molar-refractivity contribution in [3.05, 3.63) is 34.4 Å². The van der Waals surface area contributed by atoms with Gasteiger partial charge in [0.1, 0.15) is 6.04 Å². The van der Waals surface area contributed by atoms with Crippen LogP contribution in [-0.2, 0) is 9.53 Å². The van der Waals surface area contributed by atoms with Crippen LogP contribution in [0.5, 0.6) is 0 Å². The summed E-state index contributed by atoms with van der Waals surface area (Å²) >= 11 is 3.48. The number of carbonyl (C=O) groups is 1. The van der Waals surface area contributed by atoms with Gasteiger partial charge in [-0.1, -0.05) is 22.0 Å². The van der Waals surface area contributed by atoms with Crippen LogP contribution >= 0.6 is 15.9 Å². The predicted molar refractivity (Wildman–Crippen MR) is 72.7 cm³/mol. The number of aromatic amines is 1. The van der Waals surface area contributed by atoms with Crippen LogP contribution in [0.2, 0.25) is 0 Å². The molecule has 0 aliphatic carbocycles. The molecule has 1 heterocycles. The van der Waals surface area contributed by atoms with Crippen LogP contribution in [0.3, 0.4) is 0 Å². The summed E-state index contributed by atoms with van der Waals surface area (Å²) < 4.78 is 5.71. The number of nitrogens with one attached hydrogen (secondary N) is 1. The van der Waals surface area contributed by atoms with E-state index < -0.39 is 12.0 Å². The lowest BCUT2D eigenvalue weighted by Gasteiger charge is -2.21.